The van der Waals surface area contributed by atoms with E-state index < -0.39 is 45.4 Å². The van der Waals surface area contributed by atoms with Crippen molar-refractivity contribution in [2.45, 2.75) is 69.1 Å². The molecular formula is C25H28ClF2N3O4S. The molecule has 4 rings (SSSR count). The molecule has 0 spiro atoms. The van der Waals surface area contributed by atoms with Gasteiger partial charge < -0.3 is 10.2 Å². The molecule has 1 saturated carbocycles. The summed E-state index contributed by atoms with van der Waals surface area (Å²) in [4.78, 5) is 32.4. The van der Waals surface area contributed by atoms with E-state index in [0.717, 1.165) is 25.0 Å². The molecule has 0 radical (unpaired) electrons. The SMILES string of the molecule is CC[C@@H]1CC[C@H](C(=O)NC(c2cc(F)c(Cl)cc2F)C2CC2)N1C(=O)c1ccnc(S(=O)(=O)CC)c1. The Hall–Kier alpha value is -2.59. The number of carbonyl (C=O) groups excluding carboxylic acids is 2. The first kappa shape index (κ1) is 26.5. The molecule has 2 amide bonds. The number of halogens is 3. The van der Waals surface area contributed by atoms with E-state index in [4.69, 9.17) is 11.6 Å². The number of nitrogens with one attached hydrogen (secondary N) is 1. The Morgan fingerprint density at radius 1 is 1.14 bits per heavy atom. The molecule has 0 bridgehead atoms. The summed E-state index contributed by atoms with van der Waals surface area (Å²) in [5.41, 5.74) is 0.152. The molecule has 1 aliphatic carbocycles. The zero-order valence-corrected chi connectivity index (χ0v) is 21.6. The average molecular weight is 540 g/mol. The molecule has 7 nitrogen and oxygen atoms in total. The van der Waals surface area contributed by atoms with Crippen LogP contribution in [0.1, 0.15) is 67.9 Å². The summed E-state index contributed by atoms with van der Waals surface area (Å²) in [6, 6.07) is 2.78. The minimum absolute atomic E-state index is 0.0270. The summed E-state index contributed by atoms with van der Waals surface area (Å²) in [7, 11) is -3.62. The van der Waals surface area contributed by atoms with E-state index in [0.29, 0.717) is 19.3 Å². The van der Waals surface area contributed by atoms with Crippen molar-refractivity contribution < 1.29 is 26.8 Å². The quantitative estimate of drug-likeness (QED) is 0.500. The van der Waals surface area contributed by atoms with Crippen molar-refractivity contribution in [2.75, 3.05) is 5.75 Å². The Labute approximate surface area is 214 Å². The Bertz CT molecular complexity index is 1290. The van der Waals surface area contributed by atoms with Crippen LogP contribution in [-0.4, -0.2) is 48.0 Å². The van der Waals surface area contributed by atoms with Crippen molar-refractivity contribution >= 4 is 33.3 Å². The van der Waals surface area contributed by atoms with Gasteiger partial charge in [-0.25, -0.2) is 22.2 Å². The van der Waals surface area contributed by atoms with Gasteiger partial charge >= 0.3 is 0 Å². The lowest BCUT2D eigenvalue weighted by Gasteiger charge is -2.31. The predicted octanol–water partition coefficient (Wildman–Crippen LogP) is 4.46. The lowest BCUT2D eigenvalue weighted by Crippen LogP contribution is -2.49. The van der Waals surface area contributed by atoms with E-state index >= 15 is 0 Å². The highest BCUT2D eigenvalue weighted by Crippen LogP contribution is 2.43. The zero-order chi connectivity index (χ0) is 26.2. The minimum Gasteiger partial charge on any atom is -0.347 e. The van der Waals surface area contributed by atoms with Crippen molar-refractivity contribution in [1.82, 2.24) is 15.2 Å². The van der Waals surface area contributed by atoms with Gasteiger partial charge in [0, 0.05) is 23.4 Å². The smallest absolute Gasteiger partial charge is 0.254 e. The molecule has 1 aromatic carbocycles. The Balaban J connectivity index is 1.61. The lowest BCUT2D eigenvalue weighted by molar-refractivity contribution is -0.126. The van der Waals surface area contributed by atoms with Crippen LogP contribution < -0.4 is 5.32 Å². The number of pyridine rings is 1. The van der Waals surface area contributed by atoms with Gasteiger partial charge in [0.1, 0.15) is 17.7 Å². The third-order valence-corrected chi connectivity index (χ3v) is 8.87. The molecule has 1 saturated heterocycles. The molecule has 3 atom stereocenters. The number of benzene rings is 1. The molecule has 36 heavy (non-hydrogen) atoms. The van der Waals surface area contributed by atoms with E-state index in [9.17, 15) is 26.8 Å². The standard InChI is InChI=1S/C25H28ClF2N3O4S/c1-3-16-7-8-21(31(16)25(33)15-9-10-29-22(11-15)36(34,35)4-2)24(32)30-23(14-5-6-14)17-12-20(28)18(26)13-19(17)27/h9-14,16,21,23H,3-8H2,1-2H3,(H,30,32)/t16-,21-,23?/m1/s1. The summed E-state index contributed by atoms with van der Waals surface area (Å²) >= 11 is 5.70. The van der Waals surface area contributed by atoms with Crippen LogP contribution in [0.2, 0.25) is 5.02 Å². The first-order valence-electron chi connectivity index (χ1n) is 12.0. The number of amides is 2. The fourth-order valence-corrected chi connectivity index (χ4v) is 5.74. The van der Waals surface area contributed by atoms with Gasteiger partial charge in [-0.2, -0.15) is 0 Å². The predicted molar refractivity (Wildman–Crippen MR) is 130 cm³/mol. The average Bonchev–Trinajstić information content (AvgIpc) is 3.62. The number of likely N-dealkylation sites (tertiary alicyclic amines) is 1. The van der Waals surface area contributed by atoms with Crippen LogP contribution in [0.25, 0.3) is 0 Å². The summed E-state index contributed by atoms with van der Waals surface area (Å²) in [6.07, 6.45) is 4.36. The summed E-state index contributed by atoms with van der Waals surface area (Å²) in [5.74, 6) is -2.60. The van der Waals surface area contributed by atoms with E-state index in [1.165, 1.54) is 30.2 Å². The molecule has 194 valence electrons. The topological polar surface area (TPSA) is 96.4 Å². The molecule has 11 heteroatoms. The molecule has 1 N–H and O–H groups in total. The fraction of sp³-hybridized carbons (Fsp3) is 0.480. The normalized spacial score (nSPS) is 20.9. The number of aromatic nitrogens is 1. The van der Waals surface area contributed by atoms with Gasteiger partial charge in [-0.05, 0) is 62.3 Å². The highest BCUT2D eigenvalue weighted by Gasteiger charge is 2.43. The molecule has 2 aliphatic rings. The van der Waals surface area contributed by atoms with Crippen molar-refractivity contribution in [3.63, 3.8) is 0 Å². The van der Waals surface area contributed by atoms with Crippen LogP contribution in [0.4, 0.5) is 8.78 Å². The first-order valence-corrected chi connectivity index (χ1v) is 14.1. The Morgan fingerprint density at radius 2 is 1.86 bits per heavy atom. The molecule has 1 unspecified atom stereocenters. The van der Waals surface area contributed by atoms with E-state index in [2.05, 4.69) is 10.3 Å². The maximum Gasteiger partial charge on any atom is 0.254 e. The summed E-state index contributed by atoms with van der Waals surface area (Å²) in [5, 5.41) is 2.33. The number of rotatable bonds is 8. The Morgan fingerprint density at radius 3 is 2.50 bits per heavy atom. The first-order chi connectivity index (χ1) is 17.1. The lowest BCUT2D eigenvalue weighted by atomic mass is 10.0. The highest BCUT2D eigenvalue weighted by atomic mass is 35.5. The van der Waals surface area contributed by atoms with Gasteiger partial charge in [0.15, 0.2) is 14.9 Å². The van der Waals surface area contributed by atoms with Crippen molar-refractivity contribution in [2.24, 2.45) is 5.92 Å². The maximum absolute atomic E-state index is 14.7. The molecule has 1 aliphatic heterocycles. The number of hydrogen-bond acceptors (Lipinski definition) is 5. The fourth-order valence-electron chi connectivity index (χ4n) is 4.76. The highest BCUT2D eigenvalue weighted by molar-refractivity contribution is 7.91. The molecule has 1 aromatic heterocycles. The van der Waals surface area contributed by atoms with E-state index in [1.807, 2.05) is 6.92 Å². The zero-order valence-electron chi connectivity index (χ0n) is 20.0. The van der Waals surface area contributed by atoms with Crippen molar-refractivity contribution in [3.8, 4) is 0 Å². The van der Waals surface area contributed by atoms with Gasteiger partial charge in [-0.1, -0.05) is 25.4 Å². The monoisotopic (exact) mass is 539 g/mol. The van der Waals surface area contributed by atoms with E-state index in [-0.39, 0.29) is 38.9 Å². The molecular weight excluding hydrogens is 512 g/mol. The minimum atomic E-state index is -3.62. The summed E-state index contributed by atoms with van der Waals surface area (Å²) in [6.45, 7) is 3.40. The summed E-state index contributed by atoms with van der Waals surface area (Å²) < 4.78 is 53.3. The van der Waals surface area contributed by atoms with Gasteiger partial charge in [0.05, 0.1) is 16.8 Å². The largest absolute Gasteiger partial charge is 0.347 e. The number of nitrogens with zero attached hydrogens (tertiary/aromatic N) is 2. The van der Waals surface area contributed by atoms with Gasteiger partial charge in [-0.3, -0.25) is 9.59 Å². The second-order valence-corrected chi connectivity index (χ2v) is 11.9. The van der Waals surface area contributed by atoms with Crippen LogP contribution in [0.15, 0.2) is 35.5 Å². The van der Waals surface area contributed by atoms with Gasteiger partial charge in [0.2, 0.25) is 5.91 Å². The Kier molecular flexibility index (Phi) is 7.66. The van der Waals surface area contributed by atoms with Crippen molar-refractivity contribution in [1.29, 1.82) is 0 Å². The second kappa shape index (κ2) is 10.4. The number of carbonyl (C=O) groups is 2. The van der Waals surface area contributed by atoms with Gasteiger partial charge in [0.25, 0.3) is 5.91 Å². The van der Waals surface area contributed by atoms with Crippen LogP contribution in [0, 0.1) is 17.6 Å². The number of hydrogen-bond donors (Lipinski definition) is 1. The maximum atomic E-state index is 14.7. The van der Waals surface area contributed by atoms with E-state index in [1.54, 1.807) is 0 Å². The van der Waals surface area contributed by atoms with Gasteiger partial charge in [-0.15, -0.1) is 0 Å². The molecule has 2 aromatic rings. The van der Waals surface area contributed by atoms with Crippen LogP contribution in [-0.2, 0) is 14.6 Å². The molecule has 2 fully saturated rings. The second-order valence-electron chi connectivity index (χ2n) is 9.27. The van der Waals surface area contributed by atoms with Crippen molar-refractivity contribution in [3.05, 3.63) is 58.2 Å². The number of sulfone groups is 1. The third kappa shape index (κ3) is 5.25. The third-order valence-electron chi connectivity index (χ3n) is 6.96. The van der Waals surface area contributed by atoms with Crippen LogP contribution in [0.5, 0.6) is 0 Å². The van der Waals surface area contributed by atoms with Crippen LogP contribution >= 0.6 is 11.6 Å². The molecule has 2 heterocycles. The van der Waals surface area contributed by atoms with Crippen LogP contribution in [0.3, 0.4) is 0 Å².